The number of benzene rings is 3. The van der Waals surface area contributed by atoms with Crippen LogP contribution in [0.5, 0.6) is 0 Å². The lowest BCUT2D eigenvalue weighted by atomic mass is 10.0. The molecule has 7 nitrogen and oxygen atoms in total. The third-order valence-electron chi connectivity index (χ3n) is 5.58. The van der Waals surface area contributed by atoms with Crippen molar-refractivity contribution in [1.29, 1.82) is 0 Å². The van der Waals surface area contributed by atoms with Crippen molar-refractivity contribution in [2.75, 3.05) is 24.2 Å². The Bertz CT molecular complexity index is 1300. The number of hydrogen-bond acceptors (Lipinski definition) is 4. The molecule has 1 N–H and O–H groups in total. The number of carbonyl (C=O) groups is 2. The molecule has 0 radical (unpaired) electrons. The number of sulfonamides is 1. The van der Waals surface area contributed by atoms with Gasteiger partial charge in [-0.25, -0.2) is 8.42 Å². The summed E-state index contributed by atoms with van der Waals surface area (Å²) in [6.45, 7) is -0.404. The van der Waals surface area contributed by atoms with Crippen LogP contribution in [-0.4, -0.2) is 51.0 Å². The molecule has 3 aromatic rings. The molecule has 0 unspecified atom stereocenters. The highest BCUT2D eigenvalue weighted by atomic mass is 79.9. The van der Waals surface area contributed by atoms with Gasteiger partial charge >= 0.3 is 0 Å². The zero-order valence-electron chi connectivity index (χ0n) is 19.9. The molecule has 10 heteroatoms. The summed E-state index contributed by atoms with van der Waals surface area (Å²) in [4.78, 5) is 28.3. The standard InChI is InChI=1S/C26H27BrClN3O4S/c1-29-26(33)24(16-19-8-4-3-5-9-19)30(17-20-12-14-21(27)15-13-20)25(32)18-31(36(2,34)35)23-11-7-6-10-22(23)28/h3-15,24H,16-18H2,1-2H3,(H,29,33)/t24-/m0/s1. The van der Waals surface area contributed by atoms with Gasteiger partial charge in [0, 0.05) is 24.5 Å². The van der Waals surface area contributed by atoms with Crippen molar-refractivity contribution >= 4 is 55.1 Å². The number of anilines is 1. The minimum atomic E-state index is -3.86. The number of carbonyl (C=O) groups excluding carboxylic acids is 2. The molecule has 0 fully saturated rings. The lowest BCUT2D eigenvalue weighted by Crippen LogP contribution is -2.52. The van der Waals surface area contributed by atoms with Crippen molar-refractivity contribution in [3.05, 3.63) is 99.5 Å². The maximum Gasteiger partial charge on any atom is 0.244 e. The van der Waals surface area contributed by atoms with Crippen LogP contribution in [0.15, 0.2) is 83.3 Å². The molecule has 2 amide bonds. The first-order valence-corrected chi connectivity index (χ1v) is 14.1. The lowest BCUT2D eigenvalue weighted by Gasteiger charge is -2.33. The second kappa shape index (κ2) is 12.4. The Kier molecular flexibility index (Phi) is 9.53. The van der Waals surface area contributed by atoms with E-state index in [1.54, 1.807) is 18.2 Å². The molecule has 3 rings (SSSR count). The highest BCUT2D eigenvalue weighted by molar-refractivity contribution is 9.10. The van der Waals surface area contributed by atoms with E-state index in [1.165, 1.54) is 18.0 Å². The zero-order chi connectivity index (χ0) is 26.3. The Hall–Kier alpha value is -2.88. The maximum atomic E-state index is 13.8. The minimum absolute atomic E-state index is 0.108. The summed E-state index contributed by atoms with van der Waals surface area (Å²) in [5.74, 6) is -0.888. The van der Waals surface area contributed by atoms with Gasteiger partial charge in [-0.1, -0.05) is 82.1 Å². The smallest absolute Gasteiger partial charge is 0.244 e. The molecular weight excluding hydrogens is 566 g/mol. The highest BCUT2D eigenvalue weighted by Crippen LogP contribution is 2.27. The summed E-state index contributed by atoms with van der Waals surface area (Å²) in [5.41, 5.74) is 1.85. The van der Waals surface area contributed by atoms with Crippen molar-refractivity contribution in [2.24, 2.45) is 0 Å². The molecule has 0 saturated carbocycles. The van der Waals surface area contributed by atoms with Gasteiger partial charge in [0.15, 0.2) is 0 Å². The number of halogens is 2. The summed E-state index contributed by atoms with van der Waals surface area (Å²) in [6.07, 6.45) is 1.27. The number of rotatable bonds is 10. The molecule has 1 atom stereocenters. The summed E-state index contributed by atoms with van der Waals surface area (Å²) in [5, 5.41) is 2.84. The third-order valence-corrected chi connectivity index (χ3v) is 7.56. The Balaban J connectivity index is 2.03. The Morgan fingerprint density at radius 1 is 0.944 bits per heavy atom. The number of likely N-dealkylation sites (N-methyl/N-ethyl adjacent to an activating group) is 1. The van der Waals surface area contributed by atoms with E-state index >= 15 is 0 Å². The van der Waals surface area contributed by atoms with Gasteiger partial charge < -0.3 is 10.2 Å². The first-order chi connectivity index (χ1) is 17.1. The van der Waals surface area contributed by atoms with Gasteiger partial charge in [0.25, 0.3) is 0 Å². The van der Waals surface area contributed by atoms with Crippen LogP contribution in [0.1, 0.15) is 11.1 Å². The van der Waals surface area contributed by atoms with Crippen LogP contribution >= 0.6 is 27.5 Å². The van der Waals surface area contributed by atoms with Crippen LogP contribution in [0.4, 0.5) is 5.69 Å². The van der Waals surface area contributed by atoms with Crippen LogP contribution in [0.3, 0.4) is 0 Å². The lowest BCUT2D eigenvalue weighted by molar-refractivity contribution is -0.139. The summed E-state index contributed by atoms with van der Waals surface area (Å²) in [6, 6.07) is 22.3. The van der Waals surface area contributed by atoms with E-state index in [9.17, 15) is 18.0 Å². The third kappa shape index (κ3) is 7.32. The minimum Gasteiger partial charge on any atom is -0.357 e. The van der Waals surface area contributed by atoms with Crippen molar-refractivity contribution < 1.29 is 18.0 Å². The van der Waals surface area contributed by atoms with E-state index in [4.69, 9.17) is 11.6 Å². The van der Waals surface area contributed by atoms with Crippen molar-refractivity contribution in [3.63, 3.8) is 0 Å². The predicted molar refractivity (Wildman–Crippen MR) is 146 cm³/mol. The van der Waals surface area contributed by atoms with Crippen LogP contribution in [0.2, 0.25) is 5.02 Å². The highest BCUT2D eigenvalue weighted by Gasteiger charge is 2.33. The van der Waals surface area contributed by atoms with Gasteiger partial charge in [-0.3, -0.25) is 13.9 Å². The van der Waals surface area contributed by atoms with Crippen LogP contribution < -0.4 is 9.62 Å². The van der Waals surface area contributed by atoms with Crippen LogP contribution in [0.25, 0.3) is 0 Å². The topological polar surface area (TPSA) is 86.8 Å². The molecule has 3 aromatic carbocycles. The Labute approximate surface area is 225 Å². The fraction of sp³-hybridized carbons (Fsp3) is 0.231. The molecule has 0 saturated heterocycles. The predicted octanol–water partition coefficient (Wildman–Crippen LogP) is 4.25. The van der Waals surface area contributed by atoms with E-state index in [0.29, 0.717) is 0 Å². The average molecular weight is 593 g/mol. The van der Waals surface area contributed by atoms with E-state index in [2.05, 4.69) is 21.2 Å². The molecule has 0 aliphatic carbocycles. The maximum absolute atomic E-state index is 13.8. The SMILES string of the molecule is CNC(=O)[C@H](Cc1ccccc1)N(Cc1ccc(Br)cc1)C(=O)CN(c1ccccc1Cl)S(C)(=O)=O. The molecule has 0 bridgehead atoms. The quantitative estimate of drug-likeness (QED) is 0.381. The number of nitrogens with zero attached hydrogens (tertiary/aromatic N) is 2. The first-order valence-electron chi connectivity index (χ1n) is 11.1. The monoisotopic (exact) mass is 591 g/mol. The van der Waals surface area contributed by atoms with E-state index in [1.807, 2.05) is 54.6 Å². The molecule has 190 valence electrons. The van der Waals surface area contributed by atoms with Crippen molar-refractivity contribution in [3.8, 4) is 0 Å². The number of nitrogens with one attached hydrogen (secondary N) is 1. The normalized spacial score (nSPS) is 12.0. The second-order valence-corrected chi connectivity index (χ2v) is 11.4. The van der Waals surface area contributed by atoms with Gasteiger partial charge in [-0.15, -0.1) is 0 Å². The van der Waals surface area contributed by atoms with Gasteiger partial charge in [-0.2, -0.15) is 0 Å². The molecule has 36 heavy (non-hydrogen) atoms. The Morgan fingerprint density at radius 3 is 2.14 bits per heavy atom. The summed E-state index contributed by atoms with van der Waals surface area (Å²) in [7, 11) is -2.35. The first kappa shape index (κ1) is 27.7. The Morgan fingerprint density at radius 2 is 1.56 bits per heavy atom. The number of para-hydroxylation sites is 1. The molecule has 0 aromatic heterocycles. The van der Waals surface area contributed by atoms with Gasteiger partial charge in [0.1, 0.15) is 12.6 Å². The number of hydrogen-bond donors (Lipinski definition) is 1. The number of amides is 2. The molecular formula is C26H27BrClN3O4S. The summed E-state index contributed by atoms with van der Waals surface area (Å²) >= 11 is 9.68. The fourth-order valence-electron chi connectivity index (χ4n) is 3.76. The molecule has 0 spiro atoms. The summed E-state index contributed by atoms with van der Waals surface area (Å²) < 4.78 is 27.2. The van der Waals surface area contributed by atoms with Gasteiger partial charge in [0.05, 0.1) is 17.0 Å². The van der Waals surface area contributed by atoms with Crippen LogP contribution in [0, 0.1) is 0 Å². The van der Waals surface area contributed by atoms with Crippen molar-refractivity contribution in [1.82, 2.24) is 10.2 Å². The van der Waals surface area contributed by atoms with Crippen LogP contribution in [-0.2, 0) is 32.6 Å². The largest absolute Gasteiger partial charge is 0.357 e. The van der Waals surface area contributed by atoms with Crippen molar-refractivity contribution in [2.45, 2.75) is 19.0 Å². The molecule has 0 heterocycles. The van der Waals surface area contributed by atoms with E-state index in [0.717, 1.165) is 26.2 Å². The van der Waals surface area contributed by atoms with Gasteiger partial charge in [0.2, 0.25) is 21.8 Å². The zero-order valence-corrected chi connectivity index (χ0v) is 23.1. The fourth-order valence-corrected chi connectivity index (χ4v) is 5.17. The van der Waals surface area contributed by atoms with E-state index in [-0.39, 0.29) is 29.6 Å². The van der Waals surface area contributed by atoms with E-state index < -0.39 is 28.5 Å². The van der Waals surface area contributed by atoms with Gasteiger partial charge in [-0.05, 0) is 35.4 Å². The molecule has 0 aliphatic heterocycles. The molecule has 0 aliphatic rings. The average Bonchev–Trinajstić information content (AvgIpc) is 2.85. The second-order valence-electron chi connectivity index (χ2n) is 8.19.